The molecule has 8 nitrogen and oxygen atoms in total. The first-order valence-corrected chi connectivity index (χ1v) is 7.66. The number of piperazine rings is 1. The van der Waals surface area contributed by atoms with Crippen LogP contribution in [0.3, 0.4) is 0 Å². The van der Waals surface area contributed by atoms with E-state index in [4.69, 9.17) is 0 Å². The molecule has 3 rings (SSSR count). The van der Waals surface area contributed by atoms with Crippen molar-refractivity contribution < 1.29 is 13.2 Å². The van der Waals surface area contributed by atoms with E-state index in [0.717, 1.165) is 0 Å². The Hall–Kier alpha value is -1.87. The van der Waals surface area contributed by atoms with Crippen LogP contribution in [0.25, 0.3) is 0 Å². The highest BCUT2D eigenvalue weighted by atomic mass is 32.2. The van der Waals surface area contributed by atoms with Gasteiger partial charge in [-0.15, -0.1) is 0 Å². The summed E-state index contributed by atoms with van der Waals surface area (Å²) >= 11 is 0. The number of nitrogens with zero attached hydrogens (tertiary/aromatic N) is 2. The number of amides is 2. The molecule has 0 spiro atoms. The first-order valence-electron chi connectivity index (χ1n) is 6.22. The second-order valence-electron chi connectivity index (χ2n) is 4.77. The fourth-order valence-electron chi connectivity index (χ4n) is 2.54. The van der Waals surface area contributed by atoms with E-state index in [9.17, 15) is 18.0 Å². The minimum atomic E-state index is -3.83. The van der Waals surface area contributed by atoms with Gasteiger partial charge in [0.05, 0.1) is 6.04 Å². The van der Waals surface area contributed by atoms with Crippen LogP contribution in [0.1, 0.15) is 0 Å². The van der Waals surface area contributed by atoms with Crippen LogP contribution in [0, 0.1) is 0 Å². The average Bonchev–Trinajstić information content (AvgIpc) is 2.80. The number of H-pyrrole nitrogens is 1. The molecule has 2 amide bonds. The molecule has 0 radical (unpaired) electrons. The molecule has 9 heteroatoms. The van der Waals surface area contributed by atoms with Crippen LogP contribution < -0.4 is 10.7 Å². The number of aromatic amines is 1. The zero-order valence-electron chi connectivity index (χ0n) is 10.6. The maximum atomic E-state index is 12.5. The zero-order valence-corrected chi connectivity index (χ0v) is 11.4. The van der Waals surface area contributed by atoms with Gasteiger partial charge in [0.1, 0.15) is 4.90 Å². The van der Waals surface area contributed by atoms with Crippen LogP contribution in [0.2, 0.25) is 0 Å². The number of aromatic nitrogens is 1. The molecule has 2 aliphatic heterocycles. The van der Waals surface area contributed by atoms with E-state index in [2.05, 4.69) is 10.3 Å². The number of nitrogens with one attached hydrogen (secondary N) is 2. The van der Waals surface area contributed by atoms with Crippen LogP contribution in [0.5, 0.6) is 0 Å². The minimum Gasteiger partial charge on any atom is -0.366 e. The summed E-state index contributed by atoms with van der Waals surface area (Å²) in [7, 11) is -3.83. The lowest BCUT2D eigenvalue weighted by atomic mass is 10.2. The third kappa shape index (κ3) is 1.98. The van der Waals surface area contributed by atoms with Gasteiger partial charge in [0.2, 0.25) is 15.5 Å². The predicted octanol–water partition coefficient (Wildman–Crippen LogP) is -1.23. The SMILES string of the molecule is O=C1NCC2CN(S(=O)(=O)c3c[nH]ccc3=O)CCN12. The van der Waals surface area contributed by atoms with Gasteiger partial charge in [-0.05, 0) is 0 Å². The highest BCUT2D eigenvalue weighted by Crippen LogP contribution is 2.19. The summed E-state index contributed by atoms with van der Waals surface area (Å²) in [5.74, 6) is 0. The van der Waals surface area contributed by atoms with E-state index in [0.29, 0.717) is 13.1 Å². The van der Waals surface area contributed by atoms with Crippen LogP contribution in [-0.4, -0.2) is 60.9 Å². The number of sulfonamides is 1. The summed E-state index contributed by atoms with van der Waals surface area (Å²) in [6, 6.07) is 0.850. The number of pyridine rings is 1. The average molecular weight is 298 g/mol. The summed E-state index contributed by atoms with van der Waals surface area (Å²) in [5, 5.41) is 2.68. The third-order valence-electron chi connectivity index (χ3n) is 3.60. The molecule has 3 heterocycles. The second kappa shape index (κ2) is 4.60. The number of urea groups is 1. The Morgan fingerprint density at radius 1 is 1.25 bits per heavy atom. The predicted molar refractivity (Wildman–Crippen MR) is 69.7 cm³/mol. The summed E-state index contributed by atoms with van der Waals surface area (Å²) in [4.78, 5) is 27.2. The zero-order chi connectivity index (χ0) is 14.3. The van der Waals surface area contributed by atoms with Crippen molar-refractivity contribution in [3.8, 4) is 0 Å². The molecule has 2 fully saturated rings. The van der Waals surface area contributed by atoms with Gasteiger partial charge in [-0.3, -0.25) is 4.79 Å². The molecule has 1 atom stereocenters. The summed E-state index contributed by atoms with van der Waals surface area (Å²) in [6.07, 6.45) is 2.58. The van der Waals surface area contributed by atoms with Crippen molar-refractivity contribution in [2.75, 3.05) is 26.2 Å². The molecule has 2 aliphatic rings. The molecule has 1 aromatic rings. The smallest absolute Gasteiger partial charge is 0.317 e. The number of carbonyl (C=O) groups is 1. The Morgan fingerprint density at radius 3 is 2.80 bits per heavy atom. The molecule has 108 valence electrons. The maximum Gasteiger partial charge on any atom is 0.317 e. The fraction of sp³-hybridized carbons (Fsp3) is 0.455. The first-order chi connectivity index (χ1) is 9.50. The normalized spacial score (nSPS) is 23.5. The fourth-order valence-corrected chi connectivity index (χ4v) is 4.04. The Bertz CT molecular complexity index is 698. The number of rotatable bonds is 2. The van der Waals surface area contributed by atoms with Crippen molar-refractivity contribution in [2.24, 2.45) is 0 Å². The molecule has 2 N–H and O–H groups in total. The monoisotopic (exact) mass is 298 g/mol. The van der Waals surface area contributed by atoms with Crippen LogP contribution in [-0.2, 0) is 10.0 Å². The van der Waals surface area contributed by atoms with Gasteiger partial charge in [0.15, 0.2) is 0 Å². The van der Waals surface area contributed by atoms with Gasteiger partial charge in [-0.2, -0.15) is 4.31 Å². The van der Waals surface area contributed by atoms with Gasteiger partial charge in [-0.25, -0.2) is 13.2 Å². The standard InChI is InChI=1S/C11H14N4O4S/c16-9-1-2-12-6-10(9)20(18,19)14-3-4-15-8(7-14)5-13-11(15)17/h1-2,6,8H,3-5,7H2,(H,12,16)(H,13,17). The lowest BCUT2D eigenvalue weighted by Crippen LogP contribution is -2.54. The van der Waals surface area contributed by atoms with Crippen LogP contribution >= 0.6 is 0 Å². The van der Waals surface area contributed by atoms with Crippen molar-refractivity contribution >= 4 is 16.1 Å². The van der Waals surface area contributed by atoms with Gasteiger partial charge >= 0.3 is 6.03 Å². The topological polar surface area (TPSA) is 103 Å². The molecule has 1 aromatic heterocycles. The Labute approximate surface area is 115 Å². The minimum absolute atomic E-state index is 0.162. The van der Waals surface area contributed by atoms with Gasteiger partial charge in [0, 0.05) is 44.6 Å². The lowest BCUT2D eigenvalue weighted by molar-refractivity contribution is 0.164. The molecule has 0 saturated carbocycles. The summed E-state index contributed by atoms with van der Waals surface area (Å²) in [5.41, 5.74) is -0.535. The molecule has 1 unspecified atom stereocenters. The third-order valence-corrected chi connectivity index (χ3v) is 5.49. The molecule has 0 aliphatic carbocycles. The quantitative estimate of drug-likeness (QED) is 0.714. The molecule has 0 aromatic carbocycles. The van der Waals surface area contributed by atoms with Gasteiger partial charge < -0.3 is 15.2 Å². The Balaban J connectivity index is 1.89. The summed E-state index contributed by atoms with van der Waals surface area (Å²) < 4.78 is 26.2. The van der Waals surface area contributed by atoms with Crippen LogP contribution in [0.4, 0.5) is 4.79 Å². The first kappa shape index (κ1) is 13.1. The number of hydrogen-bond acceptors (Lipinski definition) is 4. The largest absolute Gasteiger partial charge is 0.366 e. The maximum absolute atomic E-state index is 12.5. The molecular formula is C11H14N4O4S. The second-order valence-corrected chi connectivity index (χ2v) is 6.68. The van der Waals surface area contributed by atoms with Crippen molar-refractivity contribution in [2.45, 2.75) is 10.9 Å². The molecule has 0 bridgehead atoms. The number of hydrogen-bond donors (Lipinski definition) is 2. The van der Waals surface area contributed by atoms with E-state index in [1.807, 2.05) is 0 Å². The van der Waals surface area contributed by atoms with E-state index in [1.54, 1.807) is 4.90 Å². The molecular weight excluding hydrogens is 284 g/mol. The van der Waals surface area contributed by atoms with E-state index < -0.39 is 15.5 Å². The van der Waals surface area contributed by atoms with E-state index >= 15 is 0 Å². The van der Waals surface area contributed by atoms with Crippen molar-refractivity contribution in [3.05, 3.63) is 28.7 Å². The van der Waals surface area contributed by atoms with E-state index in [1.165, 1.54) is 22.8 Å². The number of carbonyl (C=O) groups excluding carboxylic acids is 1. The van der Waals surface area contributed by atoms with Gasteiger partial charge in [0.25, 0.3) is 0 Å². The van der Waals surface area contributed by atoms with Gasteiger partial charge in [-0.1, -0.05) is 0 Å². The van der Waals surface area contributed by atoms with Crippen molar-refractivity contribution in [1.82, 2.24) is 19.5 Å². The highest BCUT2D eigenvalue weighted by Gasteiger charge is 2.40. The van der Waals surface area contributed by atoms with E-state index in [-0.39, 0.29) is 30.1 Å². The highest BCUT2D eigenvalue weighted by molar-refractivity contribution is 7.89. The Kier molecular flexibility index (Phi) is 3.02. The van der Waals surface area contributed by atoms with Crippen LogP contribution in [0.15, 0.2) is 28.2 Å². The van der Waals surface area contributed by atoms with Crippen molar-refractivity contribution in [1.29, 1.82) is 0 Å². The Morgan fingerprint density at radius 2 is 2.05 bits per heavy atom. The molecule has 2 saturated heterocycles. The lowest BCUT2D eigenvalue weighted by Gasteiger charge is -2.35. The van der Waals surface area contributed by atoms with Crippen molar-refractivity contribution in [3.63, 3.8) is 0 Å². The molecule has 20 heavy (non-hydrogen) atoms. The number of fused-ring (bicyclic) bond motifs is 1. The summed E-state index contributed by atoms with van der Waals surface area (Å²) in [6.45, 7) is 1.16.